The van der Waals surface area contributed by atoms with Crippen LogP contribution in [-0.2, 0) is 11.2 Å². The van der Waals surface area contributed by atoms with E-state index in [2.05, 4.69) is 12.0 Å². The molecule has 0 bridgehead atoms. The molecule has 2 aliphatic rings. The smallest absolute Gasteiger partial charge is 0.185 e. The Balaban J connectivity index is 2.24. The monoisotopic (exact) mass is 250 g/mol. The number of hydrogen-bond donors (Lipinski definition) is 1. The van der Waals surface area contributed by atoms with E-state index in [1.54, 1.807) is 6.08 Å². The van der Waals surface area contributed by atoms with Crippen LogP contribution in [-0.4, -0.2) is 10.9 Å². The highest BCUT2D eigenvalue weighted by molar-refractivity contribution is 6.11. The maximum atomic E-state index is 12.0. The number of terminal acetylenes is 1. The van der Waals surface area contributed by atoms with Crippen molar-refractivity contribution < 1.29 is 9.90 Å². The van der Waals surface area contributed by atoms with Crippen LogP contribution >= 0.6 is 0 Å². The Labute approximate surface area is 112 Å². The van der Waals surface area contributed by atoms with Gasteiger partial charge < -0.3 is 5.11 Å². The fourth-order valence-electron chi connectivity index (χ4n) is 3.09. The average molecular weight is 250 g/mol. The molecule has 1 N–H and O–H groups in total. The van der Waals surface area contributed by atoms with Gasteiger partial charge in [0.15, 0.2) is 5.78 Å². The van der Waals surface area contributed by atoms with Crippen LogP contribution in [0.15, 0.2) is 42.2 Å². The lowest BCUT2D eigenvalue weighted by Gasteiger charge is -2.39. The van der Waals surface area contributed by atoms with E-state index in [0.717, 1.165) is 30.2 Å². The normalized spacial score (nSPS) is 27.2. The van der Waals surface area contributed by atoms with Crippen molar-refractivity contribution in [1.82, 2.24) is 0 Å². The molecule has 1 unspecified atom stereocenters. The number of carbonyl (C=O) groups is 1. The Kier molecular flexibility index (Phi) is 2.57. The first-order valence-electron chi connectivity index (χ1n) is 6.36. The van der Waals surface area contributed by atoms with Gasteiger partial charge >= 0.3 is 0 Å². The Bertz CT molecular complexity index is 658. The summed E-state index contributed by atoms with van der Waals surface area (Å²) in [5, 5.41) is 9.18. The summed E-state index contributed by atoms with van der Waals surface area (Å²) >= 11 is 0. The number of ketones is 1. The van der Waals surface area contributed by atoms with Crippen LogP contribution < -0.4 is 0 Å². The average Bonchev–Trinajstić information content (AvgIpc) is 2.47. The second-order valence-electron chi connectivity index (χ2n) is 5.14. The van der Waals surface area contributed by atoms with Gasteiger partial charge in [-0.2, -0.15) is 0 Å². The van der Waals surface area contributed by atoms with Crippen molar-refractivity contribution in [3.63, 3.8) is 0 Å². The van der Waals surface area contributed by atoms with Crippen molar-refractivity contribution in [3.8, 4) is 12.3 Å². The number of aliphatic hydroxyl groups is 1. The van der Waals surface area contributed by atoms with Gasteiger partial charge in [-0.25, -0.2) is 0 Å². The summed E-state index contributed by atoms with van der Waals surface area (Å²) in [6, 6.07) is 8.08. The molecule has 94 valence electrons. The summed E-state index contributed by atoms with van der Waals surface area (Å²) in [5.74, 6) is 2.73. The Morgan fingerprint density at radius 3 is 2.89 bits per heavy atom. The molecule has 3 rings (SSSR count). The molecule has 0 saturated carbocycles. The van der Waals surface area contributed by atoms with Crippen LogP contribution in [0.5, 0.6) is 0 Å². The van der Waals surface area contributed by atoms with Gasteiger partial charge in [0, 0.05) is 5.57 Å². The molecule has 19 heavy (non-hydrogen) atoms. The molecule has 1 aromatic rings. The molecule has 1 atom stereocenters. The van der Waals surface area contributed by atoms with E-state index in [1.807, 2.05) is 18.2 Å². The molecule has 2 aliphatic carbocycles. The van der Waals surface area contributed by atoms with Gasteiger partial charge in [0.1, 0.15) is 0 Å². The lowest BCUT2D eigenvalue weighted by Crippen LogP contribution is -2.31. The highest BCUT2D eigenvalue weighted by Crippen LogP contribution is 2.50. The first-order valence-corrected chi connectivity index (χ1v) is 6.36. The van der Waals surface area contributed by atoms with Crippen LogP contribution in [0.2, 0.25) is 0 Å². The van der Waals surface area contributed by atoms with Crippen molar-refractivity contribution in [1.29, 1.82) is 0 Å². The number of rotatable bonds is 0. The van der Waals surface area contributed by atoms with Crippen molar-refractivity contribution in [2.45, 2.75) is 19.3 Å². The molecule has 0 amide bonds. The van der Waals surface area contributed by atoms with E-state index in [9.17, 15) is 9.90 Å². The molecule has 0 aromatic heterocycles. The molecule has 2 nitrogen and oxygen atoms in total. The van der Waals surface area contributed by atoms with Crippen molar-refractivity contribution >= 4 is 11.4 Å². The molecule has 0 spiro atoms. The third kappa shape index (κ3) is 1.62. The van der Waals surface area contributed by atoms with E-state index >= 15 is 0 Å². The van der Waals surface area contributed by atoms with Crippen LogP contribution in [0, 0.1) is 17.8 Å². The number of benzene rings is 1. The summed E-state index contributed by atoms with van der Waals surface area (Å²) in [5.41, 5.74) is 3.21. The van der Waals surface area contributed by atoms with Crippen LogP contribution in [0.1, 0.15) is 24.0 Å². The predicted molar refractivity (Wildman–Crippen MR) is 74.3 cm³/mol. The third-order valence-corrected chi connectivity index (χ3v) is 4.16. The van der Waals surface area contributed by atoms with Crippen LogP contribution in [0.4, 0.5) is 0 Å². The number of aliphatic hydroxyl groups excluding tert-OH is 1. The molecular formula is C17H14O2. The second kappa shape index (κ2) is 4.13. The van der Waals surface area contributed by atoms with Gasteiger partial charge in [-0.1, -0.05) is 30.2 Å². The zero-order valence-corrected chi connectivity index (χ0v) is 10.5. The number of carbonyl (C=O) groups excluding carboxylic acids is 1. The summed E-state index contributed by atoms with van der Waals surface area (Å²) in [6.45, 7) is 0. The summed E-state index contributed by atoms with van der Waals surface area (Å²) < 4.78 is 0. The fourth-order valence-corrected chi connectivity index (χ4v) is 3.09. The van der Waals surface area contributed by atoms with Gasteiger partial charge in [0.25, 0.3) is 0 Å². The first kappa shape index (κ1) is 11.8. The second-order valence-corrected chi connectivity index (χ2v) is 5.14. The molecule has 0 radical (unpaired) electrons. The molecular weight excluding hydrogens is 236 g/mol. The Hall–Kier alpha value is -2.27. The maximum absolute atomic E-state index is 12.0. The van der Waals surface area contributed by atoms with E-state index in [1.165, 1.54) is 5.56 Å². The quantitative estimate of drug-likeness (QED) is 0.436. The van der Waals surface area contributed by atoms with E-state index in [4.69, 9.17) is 6.42 Å². The Morgan fingerprint density at radius 1 is 1.37 bits per heavy atom. The van der Waals surface area contributed by atoms with Gasteiger partial charge in [-0.05, 0) is 42.0 Å². The number of fused-ring (bicyclic) bond motifs is 3. The fraction of sp³-hybridized carbons (Fsp3) is 0.235. The van der Waals surface area contributed by atoms with Crippen LogP contribution in [0.25, 0.3) is 5.57 Å². The van der Waals surface area contributed by atoms with Crippen LogP contribution in [0.3, 0.4) is 0 Å². The zero-order valence-electron chi connectivity index (χ0n) is 10.5. The lowest BCUT2D eigenvalue weighted by atomic mass is 9.62. The van der Waals surface area contributed by atoms with Crippen molar-refractivity contribution in [2.24, 2.45) is 5.41 Å². The zero-order chi connectivity index (χ0) is 13.5. The highest BCUT2D eigenvalue weighted by Gasteiger charge is 2.42. The lowest BCUT2D eigenvalue weighted by molar-refractivity contribution is -0.112. The minimum Gasteiger partial charge on any atom is -0.515 e. The minimum atomic E-state index is -0.448. The van der Waals surface area contributed by atoms with Gasteiger partial charge in [0.05, 0.1) is 11.7 Å². The molecule has 0 aliphatic heterocycles. The van der Waals surface area contributed by atoms with Gasteiger partial charge in [-0.3, -0.25) is 4.79 Å². The van der Waals surface area contributed by atoms with Gasteiger partial charge in [0.2, 0.25) is 0 Å². The largest absolute Gasteiger partial charge is 0.515 e. The topological polar surface area (TPSA) is 37.3 Å². The SMILES string of the molecule is C#CC12CCc3ccccc3C1=CC(=O)/C(=C/O)C2. The highest BCUT2D eigenvalue weighted by atomic mass is 16.2. The minimum absolute atomic E-state index is 0.139. The third-order valence-electron chi connectivity index (χ3n) is 4.16. The molecule has 0 heterocycles. The molecule has 0 saturated heterocycles. The number of aryl methyl sites for hydroxylation is 1. The number of hydrogen-bond acceptors (Lipinski definition) is 2. The summed E-state index contributed by atoms with van der Waals surface area (Å²) in [4.78, 5) is 12.0. The standard InChI is InChI=1S/C17H14O2/c1-2-17-8-7-12-5-3-4-6-14(12)15(17)9-16(19)13(10-17)11-18/h1,3-6,9,11,18H,7-8,10H2/b13-11+. The summed E-state index contributed by atoms with van der Waals surface area (Å²) in [7, 11) is 0. The van der Waals surface area contributed by atoms with Gasteiger partial charge in [-0.15, -0.1) is 6.42 Å². The van der Waals surface area contributed by atoms with E-state index < -0.39 is 5.41 Å². The summed E-state index contributed by atoms with van der Waals surface area (Å²) in [6.07, 6.45) is 10.4. The Morgan fingerprint density at radius 2 is 2.16 bits per heavy atom. The van der Waals surface area contributed by atoms with E-state index in [0.29, 0.717) is 12.0 Å². The molecule has 2 heteroatoms. The molecule has 0 fully saturated rings. The predicted octanol–water partition coefficient (Wildman–Crippen LogP) is 3.05. The number of allylic oxidation sites excluding steroid dienone is 3. The molecule has 1 aromatic carbocycles. The first-order chi connectivity index (χ1) is 9.20. The maximum Gasteiger partial charge on any atom is 0.185 e. The van der Waals surface area contributed by atoms with Crippen molar-refractivity contribution in [2.75, 3.05) is 0 Å². The van der Waals surface area contributed by atoms with Crippen molar-refractivity contribution in [3.05, 3.63) is 53.3 Å². The van der Waals surface area contributed by atoms with E-state index in [-0.39, 0.29) is 5.78 Å².